The number of carboxylic acid groups (broad SMARTS) is 1. The van der Waals surface area contributed by atoms with Gasteiger partial charge in [-0.1, -0.05) is 30.3 Å². The Bertz CT molecular complexity index is 917. The number of hydrogen-bond donors (Lipinski definition) is 1. The lowest BCUT2D eigenvalue weighted by Gasteiger charge is -2.10. The van der Waals surface area contributed by atoms with Gasteiger partial charge in [-0.15, -0.1) is 13.2 Å². The van der Waals surface area contributed by atoms with Crippen molar-refractivity contribution in [1.29, 1.82) is 0 Å². The lowest BCUT2D eigenvalue weighted by molar-refractivity contribution is -0.274. The van der Waals surface area contributed by atoms with Crippen molar-refractivity contribution in [2.75, 3.05) is 0 Å². The summed E-state index contributed by atoms with van der Waals surface area (Å²) in [4.78, 5) is 11.0. The molecule has 0 unspecified atom stereocenters. The van der Waals surface area contributed by atoms with E-state index >= 15 is 0 Å². The molecule has 1 N–H and O–H groups in total. The standard InChI is InChI=1S/C18H11F3O3/c19-18(20,21)24-16-3-1-2-11(10-16)12-4-5-14-9-15(17(22)23)7-6-13(14)8-12/h1-10H,(H,22,23). The lowest BCUT2D eigenvalue weighted by Crippen LogP contribution is -2.17. The molecule has 24 heavy (non-hydrogen) atoms. The van der Waals surface area contributed by atoms with E-state index in [2.05, 4.69) is 4.74 Å². The van der Waals surface area contributed by atoms with Gasteiger partial charge in [0.05, 0.1) is 5.56 Å². The largest absolute Gasteiger partial charge is 0.573 e. The van der Waals surface area contributed by atoms with Gasteiger partial charge in [0.1, 0.15) is 5.75 Å². The molecule has 0 radical (unpaired) electrons. The van der Waals surface area contributed by atoms with Gasteiger partial charge in [0.15, 0.2) is 0 Å². The Hall–Kier alpha value is -3.02. The smallest absolute Gasteiger partial charge is 0.478 e. The lowest BCUT2D eigenvalue weighted by atomic mass is 10.00. The summed E-state index contributed by atoms with van der Waals surface area (Å²) in [6.07, 6.45) is -4.74. The number of carbonyl (C=O) groups is 1. The summed E-state index contributed by atoms with van der Waals surface area (Å²) < 4.78 is 40.9. The summed E-state index contributed by atoms with van der Waals surface area (Å²) in [6, 6.07) is 15.6. The van der Waals surface area contributed by atoms with Gasteiger partial charge in [-0.05, 0) is 52.2 Å². The number of fused-ring (bicyclic) bond motifs is 1. The fourth-order valence-electron chi connectivity index (χ4n) is 2.43. The van der Waals surface area contributed by atoms with Crippen LogP contribution in [0.2, 0.25) is 0 Å². The number of hydrogen-bond acceptors (Lipinski definition) is 2. The van der Waals surface area contributed by atoms with Crippen molar-refractivity contribution < 1.29 is 27.8 Å². The highest BCUT2D eigenvalue weighted by Crippen LogP contribution is 2.30. The van der Waals surface area contributed by atoms with E-state index in [0.717, 1.165) is 10.8 Å². The number of ether oxygens (including phenoxy) is 1. The Morgan fingerprint density at radius 2 is 1.54 bits per heavy atom. The van der Waals surface area contributed by atoms with Crippen LogP contribution in [-0.2, 0) is 0 Å². The van der Waals surface area contributed by atoms with E-state index in [1.807, 2.05) is 0 Å². The third-order valence-electron chi connectivity index (χ3n) is 3.49. The van der Waals surface area contributed by atoms with E-state index in [4.69, 9.17) is 5.11 Å². The molecule has 0 aliphatic heterocycles. The van der Waals surface area contributed by atoms with E-state index in [1.54, 1.807) is 36.4 Å². The first kappa shape index (κ1) is 15.9. The minimum atomic E-state index is -4.74. The maximum absolute atomic E-state index is 12.3. The van der Waals surface area contributed by atoms with Crippen molar-refractivity contribution in [1.82, 2.24) is 0 Å². The molecule has 0 amide bonds. The predicted molar refractivity (Wildman–Crippen MR) is 83.0 cm³/mol. The third-order valence-corrected chi connectivity index (χ3v) is 3.49. The van der Waals surface area contributed by atoms with Crippen LogP contribution in [0.1, 0.15) is 10.4 Å². The number of aromatic carboxylic acids is 1. The maximum Gasteiger partial charge on any atom is 0.573 e. The Labute approximate surface area is 134 Å². The van der Waals surface area contributed by atoms with Crippen LogP contribution in [0, 0.1) is 0 Å². The fourth-order valence-corrected chi connectivity index (χ4v) is 2.43. The normalized spacial score (nSPS) is 11.5. The topological polar surface area (TPSA) is 46.5 Å². The molecular weight excluding hydrogens is 321 g/mol. The maximum atomic E-state index is 12.3. The molecule has 0 saturated heterocycles. The first-order chi connectivity index (χ1) is 11.3. The van der Waals surface area contributed by atoms with Gasteiger partial charge in [0, 0.05) is 0 Å². The van der Waals surface area contributed by atoms with Crippen LogP contribution in [0.5, 0.6) is 5.75 Å². The summed E-state index contributed by atoms with van der Waals surface area (Å²) in [5.41, 5.74) is 1.45. The molecule has 3 aromatic rings. The second-order valence-electron chi connectivity index (χ2n) is 5.16. The molecule has 3 aromatic carbocycles. The highest BCUT2D eigenvalue weighted by atomic mass is 19.4. The van der Waals surface area contributed by atoms with E-state index in [-0.39, 0.29) is 11.3 Å². The summed E-state index contributed by atoms with van der Waals surface area (Å²) in [6.45, 7) is 0. The monoisotopic (exact) mass is 332 g/mol. The van der Waals surface area contributed by atoms with Crippen molar-refractivity contribution in [3.8, 4) is 16.9 Å². The number of benzene rings is 3. The minimum absolute atomic E-state index is 0.177. The second-order valence-corrected chi connectivity index (χ2v) is 5.16. The van der Waals surface area contributed by atoms with Gasteiger partial charge < -0.3 is 9.84 Å². The highest BCUT2D eigenvalue weighted by Gasteiger charge is 2.31. The molecular formula is C18H11F3O3. The van der Waals surface area contributed by atoms with Crippen molar-refractivity contribution in [2.24, 2.45) is 0 Å². The highest BCUT2D eigenvalue weighted by molar-refractivity contribution is 5.95. The molecule has 0 aromatic heterocycles. The molecule has 0 fully saturated rings. The second kappa shape index (κ2) is 5.88. The minimum Gasteiger partial charge on any atom is -0.478 e. The molecule has 0 saturated carbocycles. The summed E-state index contributed by atoms with van der Waals surface area (Å²) in [5.74, 6) is -1.31. The van der Waals surface area contributed by atoms with Crippen molar-refractivity contribution in [3.05, 3.63) is 66.2 Å². The van der Waals surface area contributed by atoms with Crippen LogP contribution in [-0.4, -0.2) is 17.4 Å². The van der Waals surface area contributed by atoms with E-state index in [0.29, 0.717) is 11.1 Å². The molecule has 6 heteroatoms. The fraction of sp³-hybridized carbons (Fsp3) is 0.0556. The predicted octanol–water partition coefficient (Wildman–Crippen LogP) is 5.10. The number of halogens is 3. The van der Waals surface area contributed by atoms with Gasteiger partial charge in [-0.2, -0.15) is 0 Å². The number of rotatable bonds is 3. The van der Waals surface area contributed by atoms with E-state index in [9.17, 15) is 18.0 Å². The molecule has 0 heterocycles. The van der Waals surface area contributed by atoms with Crippen molar-refractivity contribution in [3.63, 3.8) is 0 Å². The van der Waals surface area contributed by atoms with Crippen LogP contribution < -0.4 is 4.74 Å². The van der Waals surface area contributed by atoms with Crippen LogP contribution in [0.25, 0.3) is 21.9 Å². The number of alkyl halides is 3. The molecule has 0 atom stereocenters. The first-order valence-corrected chi connectivity index (χ1v) is 6.95. The van der Waals surface area contributed by atoms with E-state index in [1.165, 1.54) is 24.3 Å². The Morgan fingerprint density at radius 3 is 2.25 bits per heavy atom. The van der Waals surface area contributed by atoms with Crippen LogP contribution >= 0.6 is 0 Å². The Kier molecular flexibility index (Phi) is 3.89. The summed E-state index contributed by atoms with van der Waals surface area (Å²) in [7, 11) is 0. The zero-order chi connectivity index (χ0) is 17.3. The Morgan fingerprint density at radius 1 is 0.875 bits per heavy atom. The SMILES string of the molecule is O=C(O)c1ccc2cc(-c3cccc(OC(F)(F)F)c3)ccc2c1. The van der Waals surface area contributed by atoms with Gasteiger partial charge in [-0.25, -0.2) is 4.79 Å². The molecule has 0 aliphatic rings. The van der Waals surface area contributed by atoms with Crippen molar-refractivity contribution in [2.45, 2.75) is 6.36 Å². The quantitative estimate of drug-likeness (QED) is 0.725. The summed E-state index contributed by atoms with van der Waals surface area (Å²) >= 11 is 0. The van der Waals surface area contributed by atoms with E-state index < -0.39 is 12.3 Å². The molecule has 0 bridgehead atoms. The zero-order valence-corrected chi connectivity index (χ0v) is 12.2. The van der Waals surface area contributed by atoms with Crippen LogP contribution in [0.4, 0.5) is 13.2 Å². The first-order valence-electron chi connectivity index (χ1n) is 6.95. The zero-order valence-electron chi connectivity index (χ0n) is 12.2. The van der Waals surface area contributed by atoms with Gasteiger partial charge >= 0.3 is 12.3 Å². The van der Waals surface area contributed by atoms with Crippen LogP contribution in [0.3, 0.4) is 0 Å². The van der Waals surface area contributed by atoms with Crippen molar-refractivity contribution >= 4 is 16.7 Å². The molecule has 3 nitrogen and oxygen atoms in total. The average Bonchev–Trinajstić information content (AvgIpc) is 2.52. The molecule has 122 valence electrons. The van der Waals surface area contributed by atoms with Crippen LogP contribution in [0.15, 0.2) is 60.7 Å². The third kappa shape index (κ3) is 3.48. The van der Waals surface area contributed by atoms with Gasteiger partial charge in [0.25, 0.3) is 0 Å². The molecule has 0 spiro atoms. The van der Waals surface area contributed by atoms with Gasteiger partial charge in [-0.3, -0.25) is 0 Å². The number of carboxylic acids is 1. The molecule has 0 aliphatic carbocycles. The molecule has 3 rings (SSSR count). The summed E-state index contributed by atoms with van der Waals surface area (Å²) in [5, 5.41) is 10.5. The Balaban J connectivity index is 1.99. The van der Waals surface area contributed by atoms with Gasteiger partial charge in [0.2, 0.25) is 0 Å². The average molecular weight is 332 g/mol.